The number of phosphoric acid groups is 1. The first kappa shape index (κ1) is 108. The van der Waals surface area contributed by atoms with Crippen molar-refractivity contribution in [1.82, 2.24) is 0 Å². The van der Waals surface area contributed by atoms with Crippen molar-refractivity contribution in [1.29, 1.82) is 0 Å². The summed E-state index contributed by atoms with van der Waals surface area (Å²) in [5, 5.41) is 102. The zero-order valence-corrected chi connectivity index (χ0v) is 74.5. The summed E-state index contributed by atoms with van der Waals surface area (Å²) in [4.78, 5) is 66.5. The third kappa shape index (κ3) is 49.5. The van der Waals surface area contributed by atoms with Crippen molar-refractivity contribution in [3.8, 4) is 0 Å². The maximum absolute atomic E-state index is 14.9. The highest BCUT2D eigenvalue weighted by molar-refractivity contribution is 7.47. The van der Waals surface area contributed by atoms with E-state index >= 15 is 0 Å². The molecule has 688 valence electrons. The van der Waals surface area contributed by atoms with Crippen LogP contribution in [0.5, 0.6) is 0 Å². The number of hydrogen-bond acceptors (Lipinski definition) is 24. The van der Waals surface area contributed by atoms with Crippen LogP contribution in [0.1, 0.15) is 401 Å². The third-order valence-electron chi connectivity index (χ3n) is 23.6. The second kappa shape index (κ2) is 68.5. The van der Waals surface area contributed by atoms with E-state index in [0.717, 1.165) is 122 Å². The van der Waals surface area contributed by atoms with Gasteiger partial charge in [-0.15, -0.1) is 0 Å². The predicted molar refractivity (Wildman–Crippen MR) is 453 cm³/mol. The standard InChI is InChI=1S/C91H169O25P/c1-7-11-15-19-23-25-27-29-31-33-35-47-55-63-76(95)110-71(66-107-74(93)61-53-45-39-37-43-51-59-69(5)57-49-41-21-17-13-9-3)67-109-117(105,106)116-89-87(114-90-84(103)80(99)78(97)72(65-92)111-90)83(102)82(101)86(113-77(96)64-56-48-36-34-32-30-28-26-24-20-16-12-8-2)88(89)115-91-85(104)81(100)79(98)73(112-91)68-108-75(94)62-54-46-40-38-44-52-60-70(6)58-50-42-22-18-14-10-4/h29,31,69-73,78-92,97-104H,7-28,30,32-68H2,1-6H3,(H,105,106)/b31-29-. The van der Waals surface area contributed by atoms with Gasteiger partial charge in [0.25, 0.3) is 0 Å². The molecule has 117 heavy (non-hydrogen) atoms. The SMILES string of the molecule is CCCCCCCC/C=C\CCCCCC(=O)OC(COC(=O)CCCCCCCCC(C)CCCCCCCC)COP(=O)(O)OC1C(OC2OC(CO)C(O)C(O)C2O)C(O)C(O)C(OC(=O)CCCCCCCCCCCCCCC)C1OC1OC(COC(=O)CCCCCCCCC(C)CCCCCCCC)C(O)C(O)C1O. The van der Waals surface area contributed by atoms with E-state index in [1.165, 1.54) is 173 Å². The fourth-order valence-corrected chi connectivity index (χ4v) is 16.8. The maximum Gasteiger partial charge on any atom is 0.472 e. The van der Waals surface area contributed by atoms with Crippen molar-refractivity contribution in [2.75, 3.05) is 26.4 Å². The first-order valence-electron chi connectivity index (χ1n) is 47.2. The number of unbranched alkanes of at least 4 members (excludes halogenated alkanes) is 41. The number of ether oxygens (including phenoxy) is 8. The molecule has 1 aliphatic carbocycles. The van der Waals surface area contributed by atoms with Crippen LogP contribution in [-0.2, 0) is 70.7 Å². The average molecular weight is 1690 g/mol. The van der Waals surface area contributed by atoms with Crippen LogP contribution in [0.2, 0.25) is 0 Å². The number of rotatable bonds is 75. The lowest BCUT2D eigenvalue weighted by molar-refractivity contribution is -0.360. The number of carbonyl (C=O) groups excluding carboxylic acids is 4. The summed E-state index contributed by atoms with van der Waals surface area (Å²) in [6, 6.07) is 0. The Hall–Kier alpha value is -2.79. The molecule has 2 aliphatic heterocycles. The highest BCUT2D eigenvalue weighted by atomic mass is 31.2. The Balaban J connectivity index is 1.93. The highest BCUT2D eigenvalue weighted by Crippen LogP contribution is 2.49. The Kier molecular flexibility index (Phi) is 63.5. The van der Waals surface area contributed by atoms with Crippen molar-refractivity contribution < 1.29 is 122 Å². The minimum atomic E-state index is -5.81. The van der Waals surface area contributed by atoms with Crippen molar-refractivity contribution in [3.05, 3.63) is 12.2 Å². The zero-order chi connectivity index (χ0) is 85.7. The third-order valence-corrected chi connectivity index (χ3v) is 24.5. The Morgan fingerprint density at radius 2 is 0.692 bits per heavy atom. The van der Waals surface area contributed by atoms with Gasteiger partial charge < -0.3 is 88.7 Å². The second-order valence-electron chi connectivity index (χ2n) is 34.4. The quantitative estimate of drug-likeness (QED) is 0.00889. The molecule has 10 N–H and O–H groups in total. The molecule has 0 bridgehead atoms. The maximum atomic E-state index is 14.9. The Bertz CT molecular complexity index is 2520. The molecule has 0 amide bonds. The lowest BCUT2D eigenvalue weighted by Crippen LogP contribution is -2.70. The Labute approximate surface area is 705 Å². The van der Waals surface area contributed by atoms with Gasteiger partial charge in [-0.25, -0.2) is 4.57 Å². The first-order chi connectivity index (χ1) is 56.5. The van der Waals surface area contributed by atoms with E-state index in [4.69, 9.17) is 46.9 Å². The van der Waals surface area contributed by atoms with Gasteiger partial charge in [-0.2, -0.15) is 0 Å². The largest absolute Gasteiger partial charge is 0.472 e. The van der Waals surface area contributed by atoms with Crippen molar-refractivity contribution in [2.45, 2.75) is 505 Å². The van der Waals surface area contributed by atoms with Gasteiger partial charge in [0.05, 0.1) is 13.2 Å². The van der Waals surface area contributed by atoms with E-state index in [2.05, 4.69) is 53.7 Å². The molecule has 0 aromatic heterocycles. The first-order valence-corrected chi connectivity index (χ1v) is 48.7. The number of phosphoric ester groups is 1. The van der Waals surface area contributed by atoms with Crippen molar-refractivity contribution in [3.63, 3.8) is 0 Å². The summed E-state index contributed by atoms with van der Waals surface area (Å²) < 4.78 is 73.5. The van der Waals surface area contributed by atoms with Crippen LogP contribution in [0.25, 0.3) is 0 Å². The molecule has 2 saturated heterocycles. The summed E-state index contributed by atoms with van der Waals surface area (Å²) in [5.41, 5.74) is 0. The molecule has 0 spiro atoms. The normalized spacial score (nSPS) is 25.6. The van der Waals surface area contributed by atoms with Crippen LogP contribution in [0.15, 0.2) is 12.2 Å². The van der Waals surface area contributed by atoms with E-state index in [0.29, 0.717) is 50.4 Å². The molecular weight excluding hydrogens is 1520 g/mol. The molecule has 20 unspecified atom stereocenters. The topological polar surface area (TPSA) is 380 Å². The van der Waals surface area contributed by atoms with Crippen LogP contribution >= 0.6 is 7.82 Å². The molecule has 0 aromatic carbocycles. The van der Waals surface area contributed by atoms with Gasteiger partial charge in [-0.1, -0.05) is 336 Å². The molecule has 25 nitrogen and oxygen atoms in total. The fraction of sp³-hybridized carbons (Fsp3) is 0.934. The Morgan fingerprint density at radius 1 is 0.359 bits per heavy atom. The average Bonchev–Trinajstić information content (AvgIpc) is 0.754. The zero-order valence-electron chi connectivity index (χ0n) is 73.6. The molecular formula is C91H169O25P. The van der Waals surface area contributed by atoms with Crippen LogP contribution in [0.4, 0.5) is 0 Å². The number of aliphatic hydroxyl groups is 9. The summed E-state index contributed by atoms with van der Waals surface area (Å²) in [6.45, 7) is 10.2. The number of esters is 4. The smallest absolute Gasteiger partial charge is 0.463 e. The van der Waals surface area contributed by atoms with Gasteiger partial charge in [0.1, 0.15) is 92.6 Å². The van der Waals surface area contributed by atoms with E-state index in [1.54, 1.807) is 0 Å². The molecule has 0 aromatic rings. The minimum Gasteiger partial charge on any atom is -0.463 e. The number of hydrogen-bond donors (Lipinski definition) is 10. The van der Waals surface area contributed by atoms with Gasteiger partial charge in [-0.3, -0.25) is 28.2 Å². The molecule has 3 fully saturated rings. The number of aliphatic hydroxyl groups excluding tert-OH is 9. The lowest BCUT2D eigenvalue weighted by Gasteiger charge is -2.50. The molecule has 3 rings (SSSR count). The monoisotopic (exact) mass is 1690 g/mol. The fourth-order valence-electron chi connectivity index (χ4n) is 15.9. The van der Waals surface area contributed by atoms with Crippen LogP contribution in [0.3, 0.4) is 0 Å². The van der Waals surface area contributed by atoms with Crippen LogP contribution in [0, 0.1) is 11.8 Å². The number of carbonyl (C=O) groups is 4. The molecule has 20 atom stereocenters. The summed E-state index contributed by atoms with van der Waals surface area (Å²) in [6.07, 6.45) is 23.7. The van der Waals surface area contributed by atoms with Crippen molar-refractivity contribution >= 4 is 31.7 Å². The van der Waals surface area contributed by atoms with E-state index < -0.39 is 162 Å². The molecule has 3 aliphatic rings. The highest BCUT2D eigenvalue weighted by Gasteiger charge is 2.60. The van der Waals surface area contributed by atoms with Gasteiger partial charge in [-0.05, 0) is 63.2 Å². The molecule has 26 heteroatoms. The van der Waals surface area contributed by atoms with Crippen molar-refractivity contribution in [2.24, 2.45) is 11.8 Å². The van der Waals surface area contributed by atoms with E-state index in [1.807, 2.05) is 0 Å². The van der Waals surface area contributed by atoms with E-state index in [9.17, 15) is 74.6 Å². The summed E-state index contributed by atoms with van der Waals surface area (Å²) in [7, 11) is -5.81. The van der Waals surface area contributed by atoms with Crippen LogP contribution < -0.4 is 0 Å². The van der Waals surface area contributed by atoms with Gasteiger partial charge in [0.2, 0.25) is 0 Å². The molecule has 0 radical (unpaired) electrons. The predicted octanol–water partition coefficient (Wildman–Crippen LogP) is 17.3. The van der Waals surface area contributed by atoms with Crippen LogP contribution in [-0.4, -0.2) is 205 Å². The summed E-state index contributed by atoms with van der Waals surface area (Å²) >= 11 is 0. The Morgan fingerprint density at radius 3 is 1.11 bits per heavy atom. The number of allylic oxidation sites excluding steroid dienone is 2. The second-order valence-corrected chi connectivity index (χ2v) is 35.8. The minimum absolute atomic E-state index is 0.0151. The molecule has 1 saturated carbocycles. The van der Waals surface area contributed by atoms with Gasteiger partial charge in [0, 0.05) is 25.7 Å². The molecule has 2 heterocycles. The lowest BCUT2D eigenvalue weighted by atomic mass is 9.84. The van der Waals surface area contributed by atoms with Gasteiger partial charge >= 0.3 is 31.7 Å². The van der Waals surface area contributed by atoms with E-state index in [-0.39, 0.29) is 25.7 Å². The summed E-state index contributed by atoms with van der Waals surface area (Å²) in [5.74, 6) is -1.61. The van der Waals surface area contributed by atoms with Gasteiger partial charge in [0.15, 0.2) is 24.8 Å².